The molecule has 1 aliphatic heterocycles. The van der Waals surface area contributed by atoms with E-state index in [2.05, 4.69) is 16.3 Å². The van der Waals surface area contributed by atoms with E-state index in [1.165, 1.54) is 7.11 Å². The smallest absolute Gasteiger partial charge is 0.165 e. The zero-order chi connectivity index (χ0) is 17.6. The summed E-state index contributed by atoms with van der Waals surface area (Å²) in [5, 5.41) is 3.43. The predicted molar refractivity (Wildman–Crippen MR) is 96.8 cm³/mol. The summed E-state index contributed by atoms with van der Waals surface area (Å²) >= 11 is 0. The van der Waals surface area contributed by atoms with Crippen molar-refractivity contribution in [3.63, 3.8) is 0 Å². The van der Waals surface area contributed by atoms with Crippen LogP contribution < -0.4 is 14.8 Å². The highest BCUT2D eigenvalue weighted by Gasteiger charge is 2.26. The van der Waals surface area contributed by atoms with E-state index in [0.717, 1.165) is 49.5 Å². The molecular formula is C20H25FN2O2. The molecule has 2 aromatic rings. The summed E-state index contributed by atoms with van der Waals surface area (Å²) in [5.41, 5.74) is 1.96. The number of halogens is 1. The topological polar surface area (TPSA) is 33.7 Å². The fourth-order valence-electron chi connectivity index (χ4n) is 3.46. The van der Waals surface area contributed by atoms with Gasteiger partial charge in [0.1, 0.15) is 5.75 Å². The third kappa shape index (κ3) is 3.94. The molecule has 1 heterocycles. The summed E-state index contributed by atoms with van der Waals surface area (Å²) in [5.74, 6) is 0.744. The molecular weight excluding hydrogens is 319 g/mol. The molecule has 5 heteroatoms. The highest BCUT2D eigenvalue weighted by atomic mass is 19.1. The maximum absolute atomic E-state index is 14.4. The average Bonchev–Trinajstić information content (AvgIpc) is 2.92. The van der Waals surface area contributed by atoms with Gasteiger partial charge in [0.25, 0.3) is 0 Å². The molecule has 4 nitrogen and oxygen atoms in total. The highest BCUT2D eigenvalue weighted by Crippen LogP contribution is 2.36. The fraction of sp³-hybridized carbons (Fsp3) is 0.400. The fourth-order valence-corrected chi connectivity index (χ4v) is 3.46. The molecule has 0 amide bonds. The summed E-state index contributed by atoms with van der Waals surface area (Å²) in [6.07, 6.45) is 1.06. The Hall–Kier alpha value is -2.11. The Morgan fingerprint density at radius 3 is 2.56 bits per heavy atom. The summed E-state index contributed by atoms with van der Waals surface area (Å²) in [4.78, 5) is 2.39. The maximum Gasteiger partial charge on any atom is 0.165 e. The lowest BCUT2D eigenvalue weighted by Gasteiger charge is -2.32. The van der Waals surface area contributed by atoms with E-state index in [-0.39, 0.29) is 17.6 Å². The Morgan fingerprint density at radius 2 is 1.80 bits per heavy atom. The van der Waals surface area contributed by atoms with Gasteiger partial charge in [-0.2, -0.15) is 0 Å². The number of nitrogens with one attached hydrogen (secondary N) is 1. The Bertz CT molecular complexity index is 700. The molecule has 0 radical (unpaired) electrons. The van der Waals surface area contributed by atoms with Crippen molar-refractivity contribution >= 4 is 0 Å². The number of rotatable bonds is 5. The molecule has 2 aromatic carbocycles. The number of nitrogens with zero attached hydrogens (tertiary/aromatic N) is 1. The Morgan fingerprint density at radius 1 is 1.00 bits per heavy atom. The SMILES string of the molecule is COc1ccc(C(c2ccccc2OC)N2CCCNCC2)cc1F. The van der Waals surface area contributed by atoms with Crippen LogP contribution in [-0.2, 0) is 0 Å². The van der Waals surface area contributed by atoms with E-state index < -0.39 is 0 Å². The van der Waals surface area contributed by atoms with Crippen molar-refractivity contribution < 1.29 is 13.9 Å². The van der Waals surface area contributed by atoms with Crippen LogP contribution in [0.15, 0.2) is 42.5 Å². The van der Waals surface area contributed by atoms with Crippen LogP contribution in [0.1, 0.15) is 23.6 Å². The lowest BCUT2D eigenvalue weighted by Crippen LogP contribution is -2.33. The van der Waals surface area contributed by atoms with Crippen molar-refractivity contribution in [1.29, 1.82) is 0 Å². The number of para-hydroxylation sites is 1. The first-order valence-corrected chi connectivity index (χ1v) is 8.65. The van der Waals surface area contributed by atoms with Crippen LogP contribution in [0.5, 0.6) is 11.5 Å². The van der Waals surface area contributed by atoms with E-state index in [1.54, 1.807) is 19.2 Å². The molecule has 0 aromatic heterocycles. The molecule has 1 saturated heterocycles. The maximum atomic E-state index is 14.4. The van der Waals surface area contributed by atoms with Gasteiger partial charge < -0.3 is 14.8 Å². The number of hydrogen-bond donors (Lipinski definition) is 1. The van der Waals surface area contributed by atoms with E-state index in [4.69, 9.17) is 9.47 Å². The lowest BCUT2D eigenvalue weighted by molar-refractivity contribution is 0.235. The summed E-state index contributed by atoms with van der Waals surface area (Å²) in [6.45, 7) is 3.77. The first kappa shape index (κ1) is 17.7. The summed E-state index contributed by atoms with van der Waals surface area (Å²) in [7, 11) is 3.16. The number of hydrogen-bond acceptors (Lipinski definition) is 4. The van der Waals surface area contributed by atoms with Crippen LogP contribution in [0.4, 0.5) is 4.39 Å². The van der Waals surface area contributed by atoms with Gasteiger partial charge in [-0.15, -0.1) is 0 Å². The largest absolute Gasteiger partial charge is 0.496 e. The van der Waals surface area contributed by atoms with Gasteiger partial charge in [-0.25, -0.2) is 4.39 Å². The summed E-state index contributed by atoms with van der Waals surface area (Å²) in [6, 6.07) is 13.1. The summed E-state index contributed by atoms with van der Waals surface area (Å²) < 4.78 is 25.0. The van der Waals surface area contributed by atoms with Crippen molar-refractivity contribution in [3.8, 4) is 11.5 Å². The molecule has 0 saturated carbocycles. The minimum atomic E-state index is -0.340. The molecule has 1 atom stereocenters. The number of benzene rings is 2. The van der Waals surface area contributed by atoms with Crippen molar-refractivity contribution in [1.82, 2.24) is 10.2 Å². The van der Waals surface area contributed by atoms with Crippen molar-refractivity contribution in [2.24, 2.45) is 0 Å². The standard InChI is InChI=1S/C20H25FN2O2/c1-24-18-7-4-3-6-16(18)20(23-12-5-10-22-11-13-23)15-8-9-19(25-2)17(21)14-15/h3-4,6-9,14,20,22H,5,10-13H2,1-2H3. The molecule has 0 aliphatic carbocycles. The quantitative estimate of drug-likeness (QED) is 0.903. The number of ether oxygens (including phenoxy) is 2. The molecule has 134 valence electrons. The van der Waals surface area contributed by atoms with E-state index >= 15 is 0 Å². The van der Waals surface area contributed by atoms with Crippen molar-refractivity contribution in [2.45, 2.75) is 12.5 Å². The Labute approximate surface area is 148 Å². The zero-order valence-corrected chi connectivity index (χ0v) is 14.8. The van der Waals surface area contributed by atoms with E-state index in [9.17, 15) is 4.39 Å². The third-order valence-corrected chi connectivity index (χ3v) is 4.66. The Kier molecular flexibility index (Phi) is 5.89. The molecule has 1 aliphatic rings. The minimum Gasteiger partial charge on any atom is -0.496 e. The van der Waals surface area contributed by atoms with Crippen LogP contribution in [0.25, 0.3) is 0 Å². The average molecular weight is 344 g/mol. The third-order valence-electron chi connectivity index (χ3n) is 4.66. The van der Waals surface area contributed by atoms with Gasteiger partial charge in [-0.05, 0) is 36.7 Å². The van der Waals surface area contributed by atoms with Crippen molar-refractivity contribution in [3.05, 3.63) is 59.4 Å². The van der Waals surface area contributed by atoms with Gasteiger partial charge in [0.05, 0.1) is 20.3 Å². The van der Waals surface area contributed by atoms with Crippen LogP contribution in [0, 0.1) is 5.82 Å². The molecule has 1 N–H and O–H groups in total. The first-order valence-electron chi connectivity index (χ1n) is 8.65. The molecule has 25 heavy (non-hydrogen) atoms. The monoisotopic (exact) mass is 344 g/mol. The predicted octanol–water partition coefficient (Wildman–Crippen LogP) is 3.23. The van der Waals surface area contributed by atoms with Gasteiger partial charge in [-0.3, -0.25) is 4.90 Å². The molecule has 0 bridgehead atoms. The van der Waals surface area contributed by atoms with Gasteiger partial charge in [0.2, 0.25) is 0 Å². The van der Waals surface area contributed by atoms with Crippen LogP contribution in [0.2, 0.25) is 0 Å². The zero-order valence-electron chi connectivity index (χ0n) is 14.8. The second-order valence-corrected chi connectivity index (χ2v) is 6.18. The Balaban J connectivity index is 2.06. The van der Waals surface area contributed by atoms with Gasteiger partial charge in [0, 0.05) is 25.2 Å². The van der Waals surface area contributed by atoms with E-state index in [1.807, 2.05) is 24.3 Å². The minimum absolute atomic E-state index is 0.0588. The second-order valence-electron chi connectivity index (χ2n) is 6.18. The van der Waals surface area contributed by atoms with Crippen LogP contribution in [-0.4, -0.2) is 45.3 Å². The highest BCUT2D eigenvalue weighted by molar-refractivity contribution is 5.43. The second kappa shape index (κ2) is 8.32. The number of methoxy groups -OCH3 is 2. The van der Waals surface area contributed by atoms with Crippen molar-refractivity contribution in [2.75, 3.05) is 40.4 Å². The van der Waals surface area contributed by atoms with Gasteiger partial charge in [0.15, 0.2) is 11.6 Å². The lowest BCUT2D eigenvalue weighted by atomic mass is 9.95. The molecule has 3 rings (SSSR count). The first-order chi connectivity index (χ1) is 12.2. The van der Waals surface area contributed by atoms with Crippen LogP contribution in [0.3, 0.4) is 0 Å². The molecule has 1 unspecified atom stereocenters. The molecule has 0 spiro atoms. The van der Waals surface area contributed by atoms with Gasteiger partial charge in [-0.1, -0.05) is 24.3 Å². The van der Waals surface area contributed by atoms with Crippen LogP contribution >= 0.6 is 0 Å². The molecule has 1 fully saturated rings. The van der Waals surface area contributed by atoms with Gasteiger partial charge >= 0.3 is 0 Å². The normalized spacial score (nSPS) is 16.9. The van der Waals surface area contributed by atoms with E-state index in [0.29, 0.717) is 0 Å².